The number of aryl methyl sites for hydroxylation is 4. The van der Waals surface area contributed by atoms with Crippen LogP contribution in [0.5, 0.6) is 0 Å². The number of nitrogens with zero attached hydrogens (tertiary/aromatic N) is 2. The van der Waals surface area contributed by atoms with Crippen molar-refractivity contribution in [3.63, 3.8) is 0 Å². The molecule has 2 saturated carbocycles. The van der Waals surface area contributed by atoms with Gasteiger partial charge in [-0.25, -0.2) is 0 Å². The second kappa shape index (κ2) is 25.1. The summed E-state index contributed by atoms with van der Waals surface area (Å²) >= 11 is 0. The number of allylic oxidation sites excluding steroid dienone is 2. The van der Waals surface area contributed by atoms with Gasteiger partial charge in [-0.05, 0) is 113 Å². The first-order valence-electron chi connectivity index (χ1n) is 26.1. The van der Waals surface area contributed by atoms with E-state index in [1.165, 1.54) is 75.3 Å². The van der Waals surface area contributed by atoms with E-state index in [4.69, 9.17) is 5.48 Å². The number of carbonyl (C=O) groups excluding carboxylic acids is 1. The fraction of sp³-hybridized carbons (Fsp3) is 0.441. The number of benzene rings is 4. The topological polar surface area (TPSA) is 63.1 Å². The van der Waals surface area contributed by atoms with Gasteiger partial charge in [0.2, 0.25) is 0 Å². The molecule has 2 aromatic heterocycles. The molecule has 0 spiro atoms. The summed E-state index contributed by atoms with van der Waals surface area (Å²) in [6, 6.07) is 28.4. The number of alkyl halides is 3. The van der Waals surface area contributed by atoms with Gasteiger partial charge in [-0.15, -0.1) is 69.8 Å². The van der Waals surface area contributed by atoms with Gasteiger partial charge in [0, 0.05) is 50.4 Å². The number of hydrogen-bond acceptors (Lipinski definition) is 4. The molecule has 4 aromatic carbocycles. The summed E-state index contributed by atoms with van der Waals surface area (Å²) in [5, 5.41) is 13.2. The van der Waals surface area contributed by atoms with Crippen LogP contribution in [0.25, 0.3) is 44.1 Å². The molecule has 2 aliphatic carbocycles. The van der Waals surface area contributed by atoms with Crippen molar-refractivity contribution in [3.8, 4) is 22.5 Å². The molecular formula is C59H69F3IrN2O2-2. The van der Waals surface area contributed by atoms with E-state index in [-0.39, 0.29) is 62.7 Å². The first-order valence-corrected chi connectivity index (χ1v) is 24.1. The first-order chi connectivity index (χ1) is 33.3. The third kappa shape index (κ3) is 14.9. The second-order valence-corrected chi connectivity index (χ2v) is 18.6. The Kier molecular flexibility index (Phi) is 17.8. The average Bonchev–Trinajstić information content (AvgIpc) is 3.33. The quantitative estimate of drug-likeness (QED) is 0.0798. The van der Waals surface area contributed by atoms with Crippen molar-refractivity contribution in [1.82, 2.24) is 9.97 Å². The van der Waals surface area contributed by atoms with E-state index >= 15 is 0 Å². The largest absolute Gasteiger partial charge is 0.512 e. The Labute approximate surface area is 417 Å². The van der Waals surface area contributed by atoms with E-state index in [1.54, 1.807) is 6.92 Å². The third-order valence-corrected chi connectivity index (χ3v) is 13.3. The van der Waals surface area contributed by atoms with Gasteiger partial charge >= 0.3 is 6.18 Å². The van der Waals surface area contributed by atoms with Gasteiger partial charge < -0.3 is 15.1 Å². The fourth-order valence-corrected chi connectivity index (χ4v) is 9.80. The molecule has 1 N–H and O–H groups in total. The number of aliphatic hydroxyl groups excluding tert-OH is 1. The van der Waals surface area contributed by atoms with Crippen molar-refractivity contribution < 1.29 is 48.7 Å². The van der Waals surface area contributed by atoms with E-state index < -0.39 is 24.3 Å². The molecule has 2 heterocycles. The standard InChI is InChI=1S/2C23H24N.C13H21F3O2.Ir/c2*1-16-12-17(2)14-21(13-16)23-22-9-8-19(15-20(22)10-11-24-23)18-6-4-3-5-7-18;1-4-9(5-2)11(17)7-12(18)10(6-3)8-13(14,15)16;/h2*8-13,15,18H,3-7H2,1-2H3;7,9-10,18H,4-6,8H2,1-3H3;/q2*-1;;/b;;12-7-;/i2*10D,11D;;. The normalized spacial score (nSPS) is 16.1. The molecule has 0 aliphatic heterocycles. The summed E-state index contributed by atoms with van der Waals surface area (Å²) in [7, 11) is 0. The minimum absolute atomic E-state index is 0. The van der Waals surface area contributed by atoms with Crippen LogP contribution in [-0.2, 0) is 24.9 Å². The molecule has 1 radical (unpaired) electrons. The average molecular weight is 1090 g/mol. The molecule has 8 heteroatoms. The first kappa shape index (κ1) is 47.4. The van der Waals surface area contributed by atoms with Gasteiger partial charge in [-0.2, -0.15) is 13.2 Å². The predicted octanol–water partition coefficient (Wildman–Crippen LogP) is 17.1. The van der Waals surface area contributed by atoms with Crippen molar-refractivity contribution in [2.45, 2.75) is 156 Å². The Morgan fingerprint density at radius 1 is 0.687 bits per heavy atom. The van der Waals surface area contributed by atoms with Gasteiger partial charge in [-0.3, -0.25) is 4.79 Å². The number of hydrogen-bond donors (Lipinski definition) is 1. The minimum atomic E-state index is -4.33. The molecule has 0 bridgehead atoms. The number of pyridine rings is 2. The number of aromatic nitrogens is 2. The monoisotopic (exact) mass is 1090 g/mol. The van der Waals surface area contributed by atoms with Crippen LogP contribution in [0.1, 0.15) is 161 Å². The third-order valence-electron chi connectivity index (χ3n) is 13.3. The van der Waals surface area contributed by atoms with Crippen LogP contribution in [0.4, 0.5) is 13.2 Å². The number of rotatable bonds is 11. The van der Waals surface area contributed by atoms with Crippen molar-refractivity contribution in [1.29, 1.82) is 0 Å². The van der Waals surface area contributed by atoms with Gasteiger partial charge in [-0.1, -0.05) is 123 Å². The molecule has 6 aromatic rings. The van der Waals surface area contributed by atoms with Crippen LogP contribution in [0.15, 0.2) is 96.9 Å². The predicted molar refractivity (Wildman–Crippen MR) is 267 cm³/mol. The second-order valence-electron chi connectivity index (χ2n) is 18.6. The Morgan fingerprint density at radius 2 is 1.10 bits per heavy atom. The molecule has 2 fully saturated rings. The zero-order chi connectivity index (χ0) is 50.9. The number of carbonyl (C=O) groups is 1. The van der Waals surface area contributed by atoms with Crippen LogP contribution >= 0.6 is 0 Å². The molecule has 1 unspecified atom stereocenters. The van der Waals surface area contributed by atoms with Crippen LogP contribution in [0, 0.1) is 51.7 Å². The number of ketones is 1. The summed E-state index contributed by atoms with van der Waals surface area (Å²) in [4.78, 5) is 20.6. The van der Waals surface area contributed by atoms with Crippen molar-refractivity contribution in [2.75, 3.05) is 0 Å². The molecular weight excluding hydrogens is 1020 g/mol. The van der Waals surface area contributed by atoms with Crippen molar-refractivity contribution in [2.24, 2.45) is 11.8 Å². The maximum atomic E-state index is 12.3. The summed E-state index contributed by atoms with van der Waals surface area (Å²) in [6.07, 6.45) is 9.78. The SMILES string of the molecule is CCC(CC)C(=O)/C=C(\O)C(CC)CC(F)(F)F.[2H]c1nc(-c2[c-]c(C)cc(C)c2)c2ccc(C3CCCCC3)cc2c1[2H].[2H]c1nc(-c2[c-]c(C)cc(C)c2)c2ccc(C3CCCCC3)cc2c1[2H].[Ir]. The zero-order valence-corrected chi connectivity index (χ0v) is 42.7. The van der Waals surface area contributed by atoms with Gasteiger partial charge in [0.1, 0.15) is 0 Å². The maximum Gasteiger partial charge on any atom is 0.389 e. The fourth-order valence-electron chi connectivity index (χ4n) is 9.80. The van der Waals surface area contributed by atoms with E-state index in [9.17, 15) is 23.1 Å². The number of halogens is 3. The van der Waals surface area contributed by atoms with Crippen LogP contribution < -0.4 is 0 Å². The van der Waals surface area contributed by atoms with Crippen LogP contribution in [0.3, 0.4) is 0 Å². The molecule has 2 aliphatic rings. The van der Waals surface area contributed by atoms with Crippen molar-refractivity contribution >= 4 is 27.3 Å². The maximum absolute atomic E-state index is 12.3. The van der Waals surface area contributed by atoms with Gasteiger partial charge in [0.25, 0.3) is 0 Å². The van der Waals surface area contributed by atoms with Crippen LogP contribution in [0.2, 0.25) is 0 Å². The number of fused-ring (bicyclic) bond motifs is 2. The Hall–Kier alpha value is -4.65. The smallest absolute Gasteiger partial charge is 0.389 e. The van der Waals surface area contributed by atoms with Crippen LogP contribution in [-0.4, -0.2) is 27.0 Å². The van der Waals surface area contributed by atoms with E-state index in [0.29, 0.717) is 24.7 Å². The van der Waals surface area contributed by atoms with Gasteiger partial charge in [0.15, 0.2) is 5.78 Å². The molecule has 0 saturated heterocycles. The van der Waals surface area contributed by atoms with Crippen molar-refractivity contribution in [3.05, 3.63) is 142 Å². The van der Waals surface area contributed by atoms with E-state index in [0.717, 1.165) is 72.4 Å². The summed E-state index contributed by atoms with van der Waals surface area (Å²) in [6.45, 7) is 13.4. The summed E-state index contributed by atoms with van der Waals surface area (Å²) in [5.74, 6) is -0.819. The number of aliphatic hydroxyl groups is 1. The minimum Gasteiger partial charge on any atom is -0.512 e. The molecule has 0 amide bonds. The Bertz CT molecular complexity index is 2610. The molecule has 4 nitrogen and oxygen atoms in total. The zero-order valence-electron chi connectivity index (χ0n) is 44.3. The molecule has 8 rings (SSSR count). The van der Waals surface area contributed by atoms with E-state index in [1.807, 2.05) is 27.7 Å². The Balaban J connectivity index is 0.000000201. The summed E-state index contributed by atoms with van der Waals surface area (Å²) < 4.78 is 69.9. The Morgan fingerprint density at radius 3 is 1.48 bits per heavy atom. The molecule has 359 valence electrons. The van der Waals surface area contributed by atoms with Gasteiger partial charge in [0.05, 0.1) is 17.7 Å². The molecule has 67 heavy (non-hydrogen) atoms. The summed E-state index contributed by atoms with van der Waals surface area (Å²) in [5.41, 5.74) is 10.4. The van der Waals surface area contributed by atoms with E-state index in [2.05, 4.69) is 96.6 Å². The molecule has 1 atom stereocenters.